The van der Waals surface area contributed by atoms with Crippen LogP contribution in [0.3, 0.4) is 0 Å². The first kappa shape index (κ1) is 46.8. The molecule has 7 aromatic rings. The van der Waals surface area contributed by atoms with Gasteiger partial charge in [0.1, 0.15) is 0 Å². The lowest BCUT2D eigenvalue weighted by Crippen LogP contribution is -2.21. The molecule has 5 aromatic carbocycles. The lowest BCUT2D eigenvalue weighted by atomic mass is 9.70. The Labute approximate surface area is 429 Å². The third kappa shape index (κ3) is 8.32. The highest BCUT2D eigenvalue weighted by Crippen LogP contribution is 2.52. The van der Waals surface area contributed by atoms with Gasteiger partial charge in [-0.3, -0.25) is 9.59 Å². The summed E-state index contributed by atoms with van der Waals surface area (Å²) in [6.07, 6.45) is 38.9. The molecule has 6 aliphatic rings. The van der Waals surface area contributed by atoms with Crippen LogP contribution in [-0.2, 0) is 0 Å². The molecule has 13 rings (SSSR count). The standard InChI is InChI=1S/C68H80N2O2/c71-67-53-35-19-21-37-57(53)69(59-41-39-51(45-23-7-1-8-24-45)63(47-27-11-3-12-28-47)65(59)49-31-15-5-16-32-49)61-43-56-62(44-55(61)67)70(58-38-22-20-36-54(58)68(56)72)60-42-40-52(46-25-9-2-10-26-46)64(48-29-13-4-14-30-48)66(60)50-33-17-6-18-34-50/h19-22,35-50H,1-18,23-34H2. The highest BCUT2D eigenvalue weighted by atomic mass is 16.1. The summed E-state index contributed by atoms with van der Waals surface area (Å²) in [7, 11) is 0. The van der Waals surface area contributed by atoms with Crippen molar-refractivity contribution in [2.24, 2.45) is 0 Å². The summed E-state index contributed by atoms with van der Waals surface area (Å²) in [5.41, 5.74) is 16.2. The molecule has 0 amide bonds. The van der Waals surface area contributed by atoms with Crippen LogP contribution in [0.15, 0.2) is 94.5 Å². The van der Waals surface area contributed by atoms with E-state index in [0.29, 0.717) is 35.5 Å². The van der Waals surface area contributed by atoms with Crippen LogP contribution in [0, 0.1) is 0 Å². The lowest BCUT2D eigenvalue weighted by molar-refractivity contribution is 0.404. The minimum Gasteiger partial charge on any atom is -0.309 e. The third-order valence-electron chi connectivity index (χ3n) is 20.1. The van der Waals surface area contributed by atoms with Gasteiger partial charge in [0, 0.05) is 32.9 Å². The molecule has 0 saturated heterocycles. The van der Waals surface area contributed by atoms with Gasteiger partial charge in [-0.25, -0.2) is 0 Å². The summed E-state index contributed by atoms with van der Waals surface area (Å²) in [5, 5.41) is 2.98. The van der Waals surface area contributed by atoms with Gasteiger partial charge < -0.3 is 9.13 Å². The molecule has 0 aliphatic heterocycles. The molecule has 0 spiro atoms. The van der Waals surface area contributed by atoms with Gasteiger partial charge in [-0.05, 0) is 194 Å². The molecule has 0 bridgehead atoms. The summed E-state index contributed by atoms with van der Waals surface area (Å²) in [4.78, 5) is 31.1. The van der Waals surface area contributed by atoms with Crippen molar-refractivity contribution in [2.75, 3.05) is 0 Å². The van der Waals surface area contributed by atoms with Crippen molar-refractivity contribution in [3.63, 3.8) is 0 Å². The molecule has 6 fully saturated rings. The van der Waals surface area contributed by atoms with Gasteiger partial charge in [-0.1, -0.05) is 152 Å². The fourth-order valence-electron chi connectivity index (χ4n) is 16.6. The van der Waals surface area contributed by atoms with E-state index in [4.69, 9.17) is 0 Å². The van der Waals surface area contributed by atoms with Crippen molar-refractivity contribution in [2.45, 2.75) is 228 Å². The largest absolute Gasteiger partial charge is 0.309 e. The highest BCUT2D eigenvalue weighted by Gasteiger charge is 2.35. The summed E-state index contributed by atoms with van der Waals surface area (Å²) >= 11 is 0. The normalized spacial score (nSPS) is 21.1. The number of rotatable bonds is 8. The number of hydrogen-bond donors (Lipinski definition) is 0. The number of para-hydroxylation sites is 2. The van der Waals surface area contributed by atoms with Gasteiger partial charge in [-0.2, -0.15) is 0 Å². The third-order valence-corrected chi connectivity index (χ3v) is 20.1. The second kappa shape index (κ2) is 20.4. The Morgan fingerprint density at radius 1 is 0.278 bits per heavy atom. The smallest absolute Gasteiger partial charge is 0.197 e. The van der Waals surface area contributed by atoms with E-state index in [2.05, 4.69) is 94.1 Å². The average Bonchev–Trinajstić information content (AvgIpc) is 3.46. The predicted molar refractivity (Wildman–Crippen MR) is 303 cm³/mol. The molecular formula is C68H80N2O2. The molecular weight excluding hydrogens is 877 g/mol. The van der Waals surface area contributed by atoms with Gasteiger partial charge in [-0.15, -0.1) is 0 Å². The van der Waals surface area contributed by atoms with Crippen LogP contribution in [0.4, 0.5) is 0 Å². The zero-order valence-electron chi connectivity index (χ0n) is 43.5. The van der Waals surface area contributed by atoms with Gasteiger partial charge in [0.2, 0.25) is 0 Å². The number of hydrogen-bond acceptors (Lipinski definition) is 2. The van der Waals surface area contributed by atoms with E-state index >= 15 is 9.59 Å². The first-order valence-corrected chi connectivity index (χ1v) is 30.0. The van der Waals surface area contributed by atoms with Crippen LogP contribution in [0.1, 0.15) is 262 Å². The monoisotopic (exact) mass is 957 g/mol. The lowest BCUT2D eigenvalue weighted by Gasteiger charge is -2.37. The fourth-order valence-corrected chi connectivity index (χ4v) is 16.6. The van der Waals surface area contributed by atoms with E-state index in [9.17, 15) is 0 Å². The maximum absolute atomic E-state index is 15.6. The van der Waals surface area contributed by atoms with Crippen molar-refractivity contribution in [1.29, 1.82) is 0 Å². The maximum atomic E-state index is 15.6. The van der Waals surface area contributed by atoms with Gasteiger partial charge >= 0.3 is 0 Å². The summed E-state index contributed by atoms with van der Waals surface area (Å²) in [5.74, 6) is 3.36. The Morgan fingerprint density at radius 3 is 0.903 bits per heavy atom. The molecule has 6 saturated carbocycles. The van der Waals surface area contributed by atoms with Crippen molar-refractivity contribution < 1.29 is 0 Å². The summed E-state index contributed by atoms with van der Waals surface area (Å²) in [6.45, 7) is 0. The molecule has 4 heteroatoms. The van der Waals surface area contributed by atoms with Gasteiger partial charge in [0.05, 0.1) is 22.1 Å². The molecule has 4 nitrogen and oxygen atoms in total. The second-order valence-corrected chi connectivity index (χ2v) is 24.3. The van der Waals surface area contributed by atoms with E-state index in [1.54, 1.807) is 33.4 Å². The average molecular weight is 957 g/mol. The number of benzene rings is 5. The fraction of sp³-hybridized carbons (Fsp3) is 0.529. The Hall–Kier alpha value is -4.96. The first-order chi connectivity index (χ1) is 35.6. The molecule has 0 unspecified atom stereocenters. The van der Waals surface area contributed by atoms with Crippen LogP contribution in [0.5, 0.6) is 0 Å². The number of fused-ring (bicyclic) bond motifs is 4. The second-order valence-electron chi connectivity index (χ2n) is 24.3. The van der Waals surface area contributed by atoms with Crippen molar-refractivity contribution in [1.82, 2.24) is 9.13 Å². The Bertz CT molecular complexity index is 3020. The van der Waals surface area contributed by atoms with E-state index in [-0.39, 0.29) is 10.9 Å². The Kier molecular flexibility index (Phi) is 13.3. The zero-order valence-corrected chi connectivity index (χ0v) is 43.5. The van der Waals surface area contributed by atoms with Crippen LogP contribution >= 0.6 is 0 Å². The minimum atomic E-state index is 0.0690. The van der Waals surface area contributed by atoms with Crippen LogP contribution in [-0.4, -0.2) is 9.13 Å². The van der Waals surface area contributed by atoms with Crippen LogP contribution in [0.25, 0.3) is 55.0 Å². The van der Waals surface area contributed by atoms with E-state index in [1.807, 2.05) is 0 Å². The molecule has 2 aromatic heterocycles. The van der Waals surface area contributed by atoms with Crippen LogP contribution < -0.4 is 10.9 Å². The van der Waals surface area contributed by atoms with E-state index in [0.717, 1.165) is 43.6 Å². The summed E-state index contributed by atoms with van der Waals surface area (Å²) in [6, 6.07) is 31.4. The molecule has 0 radical (unpaired) electrons. The minimum absolute atomic E-state index is 0.0690. The first-order valence-electron chi connectivity index (χ1n) is 30.0. The Morgan fingerprint density at radius 2 is 0.569 bits per heavy atom. The maximum Gasteiger partial charge on any atom is 0.197 e. The number of aromatic nitrogens is 2. The molecule has 2 heterocycles. The van der Waals surface area contributed by atoms with Crippen molar-refractivity contribution in [3.8, 4) is 11.4 Å². The number of pyridine rings is 2. The molecule has 374 valence electrons. The van der Waals surface area contributed by atoms with Crippen molar-refractivity contribution in [3.05, 3.63) is 139 Å². The van der Waals surface area contributed by atoms with E-state index < -0.39 is 0 Å². The highest BCUT2D eigenvalue weighted by molar-refractivity contribution is 6.05. The summed E-state index contributed by atoms with van der Waals surface area (Å²) < 4.78 is 5.00. The molecule has 72 heavy (non-hydrogen) atoms. The van der Waals surface area contributed by atoms with E-state index in [1.165, 1.54) is 204 Å². The van der Waals surface area contributed by atoms with Gasteiger partial charge in [0.15, 0.2) is 10.9 Å². The number of nitrogens with zero attached hydrogens (tertiary/aromatic N) is 2. The SMILES string of the molecule is O=c1c2ccccc2n(-c2ccc(C3CCCCC3)c(C3CCCCC3)c2C2CCCCC2)c2cc3c(=O)c4ccccc4n(-c4ccc(C5CCCCC5)c(C5CCCCC5)c4C4CCCCC4)c3cc12. The van der Waals surface area contributed by atoms with Gasteiger partial charge in [0.25, 0.3) is 0 Å². The molecule has 6 aliphatic carbocycles. The zero-order chi connectivity index (χ0) is 48.1. The Balaban J connectivity index is 1.13. The predicted octanol–water partition coefficient (Wildman–Crippen LogP) is 18.9. The van der Waals surface area contributed by atoms with Crippen LogP contribution in [0.2, 0.25) is 0 Å². The quantitative estimate of drug-likeness (QED) is 0.142. The molecule has 0 atom stereocenters. The van der Waals surface area contributed by atoms with Crippen molar-refractivity contribution >= 4 is 43.6 Å². The topological polar surface area (TPSA) is 44.0 Å². The molecule has 0 N–H and O–H groups in total.